The van der Waals surface area contributed by atoms with Gasteiger partial charge in [0.15, 0.2) is 0 Å². The normalized spacial score (nSPS) is 15.7. The summed E-state index contributed by atoms with van der Waals surface area (Å²) >= 11 is 0. The van der Waals surface area contributed by atoms with Gasteiger partial charge in [-0.05, 0) is 51.7 Å². The van der Waals surface area contributed by atoms with E-state index >= 15 is 0 Å². The number of piperidine rings is 1. The molecule has 6 heteroatoms. The highest BCUT2D eigenvalue weighted by atomic mass is 16.5. The van der Waals surface area contributed by atoms with Crippen LogP contribution in [0.25, 0.3) is 10.9 Å². The number of aromatic nitrogens is 1. The van der Waals surface area contributed by atoms with Crippen molar-refractivity contribution in [2.75, 3.05) is 26.7 Å². The molecule has 1 aliphatic heterocycles. The molecule has 4 rings (SSSR count). The standard InChI is InChI=1S/C27H35N3O3/c1-18-25(21-16-22(27(2,3)32)24(33-4)17-23(21)28-18)26(31)29-20-11-14-30(15-12-20)13-10-19-8-6-5-7-9-19/h5-9,16-17,20,28,32H,10-15H2,1-4H3,(H,29,31). The summed E-state index contributed by atoms with van der Waals surface area (Å²) in [5.41, 5.74) is 3.24. The number of methoxy groups -OCH3 is 1. The van der Waals surface area contributed by atoms with Crippen LogP contribution in [0.4, 0.5) is 0 Å². The Morgan fingerprint density at radius 1 is 1.21 bits per heavy atom. The first-order valence-electron chi connectivity index (χ1n) is 11.8. The lowest BCUT2D eigenvalue weighted by Crippen LogP contribution is -2.45. The van der Waals surface area contributed by atoms with Crippen LogP contribution in [-0.4, -0.2) is 53.7 Å². The number of H-pyrrole nitrogens is 1. The number of aryl methyl sites for hydroxylation is 1. The third-order valence-electron chi connectivity index (χ3n) is 6.67. The summed E-state index contributed by atoms with van der Waals surface area (Å²) in [6.07, 6.45) is 2.95. The first-order chi connectivity index (χ1) is 15.8. The molecule has 0 saturated carbocycles. The number of carbonyl (C=O) groups is 1. The van der Waals surface area contributed by atoms with Gasteiger partial charge in [0, 0.05) is 48.4 Å². The summed E-state index contributed by atoms with van der Waals surface area (Å²) in [5.74, 6) is 0.541. The second-order valence-corrected chi connectivity index (χ2v) is 9.61. The summed E-state index contributed by atoms with van der Waals surface area (Å²) in [7, 11) is 1.59. The molecule has 1 aromatic heterocycles. The number of nitrogens with zero attached hydrogens (tertiary/aromatic N) is 1. The Morgan fingerprint density at radius 3 is 2.55 bits per heavy atom. The highest BCUT2D eigenvalue weighted by molar-refractivity contribution is 6.08. The lowest BCUT2D eigenvalue weighted by molar-refractivity contribution is 0.0757. The van der Waals surface area contributed by atoms with Crippen LogP contribution in [0, 0.1) is 6.92 Å². The molecular weight excluding hydrogens is 414 g/mol. The van der Waals surface area contributed by atoms with E-state index in [1.165, 1.54) is 5.56 Å². The number of hydrogen-bond acceptors (Lipinski definition) is 4. The fourth-order valence-electron chi connectivity index (χ4n) is 4.79. The third kappa shape index (κ3) is 5.23. The molecule has 0 aliphatic carbocycles. The van der Waals surface area contributed by atoms with Gasteiger partial charge in [0.25, 0.3) is 5.91 Å². The van der Waals surface area contributed by atoms with Crippen LogP contribution in [0.1, 0.15) is 53.9 Å². The molecule has 2 aromatic carbocycles. The minimum absolute atomic E-state index is 0.0617. The van der Waals surface area contributed by atoms with Crippen molar-refractivity contribution in [1.29, 1.82) is 0 Å². The number of carbonyl (C=O) groups excluding carboxylic acids is 1. The van der Waals surface area contributed by atoms with Gasteiger partial charge in [-0.25, -0.2) is 0 Å². The first kappa shape index (κ1) is 23.3. The van der Waals surface area contributed by atoms with Crippen molar-refractivity contribution in [3.05, 3.63) is 64.8 Å². The van der Waals surface area contributed by atoms with Crippen molar-refractivity contribution in [2.45, 2.75) is 51.7 Å². The number of hydrogen-bond donors (Lipinski definition) is 3. The molecular formula is C27H35N3O3. The van der Waals surface area contributed by atoms with Gasteiger partial charge in [-0.2, -0.15) is 0 Å². The predicted octanol–water partition coefficient (Wildman–Crippen LogP) is 4.15. The van der Waals surface area contributed by atoms with Gasteiger partial charge in [-0.15, -0.1) is 0 Å². The molecule has 0 radical (unpaired) electrons. The molecule has 1 aliphatic rings. The smallest absolute Gasteiger partial charge is 0.253 e. The Balaban J connectivity index is 1.42. The summed E-state index contributed by atoms with van der Waals surface area (Å²) in [5, 5.41) is 14.7. The molecule has 0 unspecified atom stereocenters. The third-order valence-corrected chi connectivity index (χ3v) is 6.67. The SMILES string of the molecule is COc1cc2[nH]c(C)c(C(=O)NC3CCN(CCc4ccccc4)CC3)c2cc1C(C)(C)O. The second-order valence-electron chi connectivity index (χ2n) is 9.61. The molecule has 1 saturated heterocycles. The maximum atomic E-state index is 13.3. The largest absolute Gasteiger partial charge is 0.496 e. The molecule has 0 spiro atoms. The van der Waals surface area contributed by atoms with Crippen molar-refractivity contribution in [2.24, 2.45) is 0 Å². The number of likely N-dealkylation sites (tertiary alicyclic amines) is 1. The number of amides is 1. The van der Waals surface area contributed by atoms with E-state index < -0.39 is 5.60 Å². The van der Waals surface area contributed by atoms with Crippen LogP contribution in [0.2, 0.25) is 0 Å². The van der Waals surface area contributed by atoms with E-state index in [9.17, 15) is 9.90 Å². The topological polar surface area (TPSA) is 77.6 Å². The molecule has 176 valence electrons. The fraction of sp³-hybridized carbons (Fsp3) is 0.444. The first-order valence-corrected chi connectivity index (χ1v) is 11.8. The van der Waals surface area contributed by atoms with Crippen LogP contribution in [0.5, 0.6) is 5.75 Å². The number of rotatable bonds is 7. The van der Waals surface area contributed by atoms with Gasteiger partial charge < -0.3 is 25.0 Å². The monoisotopic (exact) mass is 449 g/mol. The van der Waals surface area contributed by atoms with E-state index in [4.69, 9.17) is 4.74 Å². The molecule has 0 bridgehead atoms. The van der Waals surface area contributed by atoms with E-state index in [0.29, 0.717) is 16.9 Å². The summed E-state index contributed by atoms with van der Waals surface area (Å²) in [4.78, 5) is 19.1. The number of nitrogens with one attached hydrogen (secondary N) is 2. The average Bonchev–Trinajstić information content (AvgIpc) is 3.12. The van der Waals surface area contributed by atoms with Gasteiger partial charge >= 0.3 is 0 Å². The van der Waals surface area contributed by atoms with Gasteiger partial charge in [-0.3, -0.25) is 4.79 Å². The van der Waals surface area contributed by atoms with E-state index in [1.807, 2.05) is 19.1 Å². The lowest BCUT2D eigenvalue weighted by Gasteiger charge is -2.32. The van der Waals surface area contributed by atoms with Crippen molar-refractivity contribution in [1.82, 2.24) is 15.2 Å². The minimum Gasteiger partial charge on any atom is -0.496 e. The summed E-state index contributed by atoms with van der Waals surface area (Å²) < 4.78 is 5.48. The van der Waals surface area contributed by atoms with Crippen molar-refractivity contribution >= 4 is 16.8 Å². The Bertz CT molecular complexity index is 1110. The summed E-state index contributed by atoms with van der Waals surface area (Å²) in [6, 6.07) is 14.5. The Kier molecular flexibility index (Phi) is 6.77. The molecule has 33 heavy (non-hydrogen) atoms. The number of benzene rings is 2. The van der Waals surface area contributed by atoms with E-state index in [-0.39, 0.29) is 11.9 Å². The van der Waals surface area contributed by atoms with Crippen LogP contribution in [-0.2, 0) is 12.0 Å². The van der Waals surface area contributed by atoms with Crippen molar-refractivity contribution in [3.63, 3.8) is 0 Å². The molecule has 1 amide bonds. The zero-order valence-electron chi connectivity index (χ0n) is 20.1. The van der Waals surface area contributed by atoms with Crippen LogP contribution in [0.15, 0.2) is 42.5 Å². The minimum atomic E-state index is -1.08. The Hall–Kier alpha value is -2.83. The maximum Gasteiger partial charge on any atom is 0.253 e. The van der Waals surface area contributed by atoms with Crippen LogP contribution >= 0.6 is 0 Å². The highest BCUT2D eigenvalue weighted by Gasteiger charge is 2.27. The van der Waals surface area contributed by atoms with E-state index in [1.54, 1.807) is 21.0 Å². The van der Waals surface area contributed by atoms with Gasteiger partial charge in [0.1, 0.15) is 5.75 Å². The van der Waals surface area contributed by atoms with Gasteiger partial charge in [0.2, 0.25) is 0 Å². The Labute approximate surface area is 195 Å². The zero-order chi connectivity index (χ0) is 23.6. The molecule has 6 nitrogen and oxygen atoms in total. The Morgan fingerprint density at radius 2 is 1.91 bits per heavy atom. The van der Waals surface area contributed by atoms with Crippen LogP contribution in [0.3, 0.4) is 0 Å². The second kappa shape index (κ2) is 9.57. The molecule has 0 atom stereocenters. The van der Waals surface area contributed by atoms with E-state index in [0.717, 1.165) is 55.5 Å². The van der Waals surface area contributed by atoms with E-state index in [2.05, 4.69) is 45.5 Å². The zero-order valence-corrected chi connectivity index (χ0v) is 20.1. The lowest BCUT2D eigenvalue weighted by atomic mass is 9.94. The number of ether oxygens (including phenoxy) is 1. The van der Waals surface area contributed by atoms with Crippen molar-refractivity contribution in [3.8, 4) is 5.75 Å². The highest BCUT2D eigenvalue weighted by Crippen LogP contribution is 2.35. The molecule has 3 N–H and O–H groups in total. The van der Waals surface area contributed by atoms with Crippen molar-refractivity contribution < 1.29 is 14.6 Å². The van der Waals surface area contributed by atoms with Gasteiger partial charge in [-0.1, -0.05) is 30.3 Å². The molecule has 2 heterocycles. The van der Waals surface area contributed by atoms with Crippen LogP contribution < -0.4 is 10.1 Å². The molecule has 3 aromatic rings. The fourth-order valence-corrected chi connectivity index (χ4v) is 4.79. The summed E-state index contributed by atoms with van der Waals surface area (Å²) in [6.45, 7) is 8.39. The predicted molar refractivity (Wildman–Crippen MR) is 132 cm³/mol. The number of fused-ring (bicyclic) bond motifs is 1. The number of aromatic amines is 1. The quantitative estimate of drug-likeness (QED) is 0.506. The molecule has 1 fully saturated rings. The maximum absolute atomic E-state index is 13.3. The van der Waals surface area contributed by atoms with Gasteiger partial charge in [0.05, 0.1) is 23.8 Å². The average molecular weight is 450 g/mol. The number of aliphatic hydroxyl groups is 1.